The van der Waals surface area contributed by atoms with Gasteiger partial charge in [0.2, 0.25) is 0 Å². The highest BCUT2D eigenvalue weighted by Gasteiger charge is 2.56. The van der Waals surface area contributed by atoms with Crippen molar-refractivity contribution in [2.45, 2.75) is 25.0 Å². The van der Waals surface area contributed by atoms with Gasteiger partial charge in [0, 0.05) is 0 Å². The number of halogens is 1. The molecule has 0 aromatic heterocycles. The van der Waals surface area contributed by atoms with Crippen LogP contribution in [0.3, 0.4) is 0 Å². The third kappa shape index (κ3) is 1.73. The first-order valence-electron chi connectivity index (χ1n) is 6.25. The number of epoxide rings is 1. The Morgan fingerprint density at radius 3 is 2.33 bits per heavy atom. The molecule has 1 heterocycles. The third-order valence-electron chi connectivity index (χ3n) is 3.65. The van der Waals surface area contributed by atoms with E-state index in [4.69, 9.17) is 4.74 Å². The van der Waals surface area contributed by atoms with Gasteiger partial charge in [-0.3, -0.25) is 0 Å². The van der Waals surface area contributed by atoms with Gasteiger partial charge >= 0.3 is 0 Å². The van der Waals surface area contributed by atoms with Crippen LogP contribution >= 0.6 is 0 Å². The highest BCUT2D eigenvalue weighted by Crippen LogP contribution is 2.58. The molecule has 0 radical (unpaired) electrons. The van der Waals surface area contributed by atoms with E-state index in [0.717, 1.165) is 12.0 Å². The monoisotopic (exact) mass is 242 g/mol. The Morgan fingerprint density at radius 1 is 1.06 bits per heavy atom. The van der Waals surface area contributed by atoms with Gasteiger partial charge in [-0.15, -0.1) is 0 Å². The number of hydrogen-bond donors (Lipinski definition) is 0. The van der Waals surface area contributed by atoms with Gasteiger partial charge < -0.3 is 4.74 Å². The van der Waals surface area contributed by atoms with Crippen LogP contribution in [0.5, 0.6) is 0 Å². The highest BCUT2D eigenvalue weighted by atomic mass is 19.1. The van der Waals surface area contributed by atoms with Crippen molar-refractivity contribution in [2.24, 2.45) is 0 Å². The Kier molecular flexibility index (Phi) is 2.67. The number of ether oxygens (including phenoxy) is 1. The summed E-state index contributed by atoms with van der Waals surface area (Å²) >= 11 is 0. The molecule has 2 heteroatoms. The molecule has 0 saturated carbocycles. The maximum atomic E-state index is 12.9. The molecular weight excluding hydrogens is 227 g/mol. The van der Waals surface area contributed by atoms with Gasteiger partial charge in [0.1, 0.15) is 17.5 Å². The van der Waals surface area contributed by atoms with Gasteiger partial charge in [-0.25, -0.2) is 4.39 Å². The summed E-state index contributed by atoms with van der Waals surface area (Å²) in [4.78, 5) is 0. The Bertz CT molecular complexity index is 535. The van der Waals surface area contributed by atoms with Crippen molar-refractivity contribution in [2.75, 3.05) is 0 Å². The van der Waals surface area contributed by atoms with Gasteiger partial charge in [0.25, 0.3) is 0 Å². The first-order chi connectivity index (χ1) is 8.76. The lowest BCUT2D eigenvalue weighted by Crippen LogP contribution is -2.08. The van der Waals surface area contributed by atoms with Crippen LogP contribution < -0.4 is 0 Å². The molecule has 1 saturated heterocycles. The zero-order valence-electron chi connectivity index (χ0n) is 10.3. The summed E-state index contributed by atoms with van der Waals surface area (Å²) in [5, 5.41) is 0. The normalized spacial score (nSPS) is 26.0. The molecule has 1 aliphatic heterocycles. The van der Waals surface area contributed by atoms with Crippen LogP contribution in [0, 0.1) is 5.82 Å². The molecule has 0 aliphatic carbocycles. The maximum absolute atomic E-state index is 12.9. The van der Waals surface area contributed by atoms with Crippen molar-refractivity contribution < 1.29 is 9.13 Å². The highest BCUT2D eigenvalue weighted by molar-refractivity contribution is 5.35. The molecule has 2 aromatic rings. The summed E-state index contributed by atoms with van der Waals surface area (Å²) in [5.74, 6) is -0.207. The summed E-state index contributed by atoms with van der Waals surface area (Å²) in [5.41, 5.74) is 2.02. The zero-order valence-corrected chi connectivity index (χ0v) is 10.3. The standard InChI is InChI=1S/C16H15FO/c1-2-16(13-6-4-3-5-7-13)15(18-16)12-8-10-14(17)11-9-12/h3-11,15H,2H2,1H3/t15-,16-/m0/s1. The largest absolute Gasteiger partial charge is 0.356 e. The minimum atomic E-state index is -0.223. The number of rotatable bonds is 3. The molecule has 1 aliphatic rings. The van der Waals surface area contributed by atoms with Crippen molar-refractivity contribution >= 4 is 0 Å². The fourth-order valence-electron chi connectivity index (χ4n) is 2.56. The average molecular weight is 242 g/mol. The van der Waals surface area contributed by atoms with E-state index >= 15 is 0 Å². The Balaban J connectivity index is 1.92. The average Bonchev–Trinajstić information content (AvgIpc) is 3.17. The van der Waals surface area contributed by atoms with Crippen molar-refractivity contribution in [1.82, 2.24) is 0 Å². The number of hydrogen-bond acceptors (Lipinski definition) is 1. The predicted molar refractivity (Wildman–Crippen MR) is 68.6 cm³/mol. The SMILES string of the molecule is CC[C@@]1(c2ccccc2)O[C@H]1c1ccc(F)cc1. The van der Waals surface area contributed by atoms with E-state index in [1.165, 1.54) is 17.7 Å². The summed E-state index contributed by atoms with van der Waals surface area (Å²) in [6, 6.07) is 16.8. The Morgan fingerprint density at radius 2 is 1.72 bits per heavy atom. The molecule has 0 amide bonds. The van der Waals surface area contributed by atoms with E-state index in [1.54, 1.807) is 12.1 Å². The van der Waals surface area contributed by atoms with Crippen LogP contribution in [0.2, 0.25) is 0 Å². The fraction of sp³-hybridized carbons (Fsp3) is 0.250. The second kappa shape index (κ2) is 4.21. The van der Waals surface area contributed by atoms with E-state index in [1.807, 2.05) is 18.2 Å². The van der Waals surface area contributed by atoms with Gasteiger partial charge in [-0.1, -0.05) is 49.4 Å². The maximum Gasteiger partial charge on any atom is 0.124 e. The molecule has 92 valence electrons. The van der Waals surface area contributed by atoms with Crippen LogP contribution in [-0.2, 0) is 10.3 Å². The second-order valence-electron chi connectivity index (χ2n) is 4.66. The quantitative estimate of drug-likeness (QED) is 0.735. The first-order valence-corrected chi connectivity index (χ1v) is 6.25. The molecule has 1 nitrogen and oxygen atoms in total. The van der Waals surface area contributed by atoms with Crippen LogP contribution in [-0.4, -0.2) is 0 Å². The zero-order chi connectivity index (χ0) is 12.6. The summed E-state index contributed by atoms with van der Waals surface area (Å²) in [7, 11) is 0. The van der Waals surface area contributed by atoms with E-state index in [2.05, 4.69) is 19.1 Å². The van der Waals surface area contributed by atoms with E-state index < -0.39 is 0 Å². The van der Waals surface area contributed by atoms with Crippen LogP contribution in [0.25, 0.3) is 0 Å². The molecule has 0 unspecified atom stereocenters. The van der Waals surface area contributed by atoms with Crippen molar-refractivity contribution in [1.29, 1.82) is 0 Å². The van der Waals surface area contributed by atoms with Crippen molar-refractivity contribution in [3.05, 3.63) is 71.5 Å². The molecule has 3 rings (SSSR count). The minimum absolute atomic E-state index is 0.0468. The predicted octanol–water partition coefficient (Wildman–Crippen LogP) is 4.20. The molecule has 1 fully saturated rings. The van der Waals surface area contributed by atoms with Gasteiger partial charge in [0.05, 0.1) is 0 Å². The lowest BCUT2D eigenvalue weighted by atomic mass is 9.90. The van der Waals surface area contributed by atoms with Gasteiger partial charge in [-0.2, -0.15) is 0 Å². The molecular formula is C16H15FO. The summed E-state index contributed by atoms with van der Waals surface area (Å²) in [6.07, 6.45) is 0.962. The van der Waals surface area contributed by atoms with Crippen LogP contribution in [0.15, 0.2) is 54.6 Å². The topological polar surface area (TPSA) is 12.5 Å². The lowest BCUT2D eigenvalue weighted by molar-refractivity contribution is 0.290. The van der Waals surface area contributed by atoms with Gasteiger partial charge in [0.15, 0.2) is 0 Å². The Labute approximate surface area is 106 Å². The fourth-order valence-corrected chi connectivity index (χ4v) is 2.56. The summed E-state index contributed by atoms with van der Waals surface area (Å²) < 4.78 is 18.9. The van der Waals surface area contributed by atoms with E-state index in [9.17, 15) is 4.39 Å². The Hall–Kier alpha value is -1.67. The van der Waals surface area contributed by atoms with Crippen LogP contribution in [0.4, 0.5) is 4.39 Å². The molecule has 2 aromatic carbocycles. The molecule has 0 N–H and O–H groups in total. The van der Waals surface area contributed by atoms with E-state index in [-0.39, 0.29) is 17.5 Å². The van der Waals surface area contributed by atoms with E-state index in [0.29, 0.717) is 0 Å². The minimum Gasteiger partial charge on any atom is -0.356 e. The van der Waals surface area contributed by atoms with Gasteiger partial charge in [-0.05, 0) is 29.7 Å². The third-order valence-corrected chi connectivity index (χ3v) is 3.65. The molecule has 2 atom stereocenters. The molecule has 0 bridgehead atoms. The smallest absolute Gasteiger partial charge is 0.124 e. The van der Waals surface area contributed by atoms with Crippen molar-refractivity contribution in [3.8, 4) is 0 Å². The van der Waals surface area contributed by atoms with Crippen molar-refractivity contribution in [3.63, 3.8) is 0 Å². The lowest BCUT2D eigenvalue weighted by Gasteiger charge is -2.10. The first kappa shape index (κ1) is 11.4. The molecule has 0 spiro atoms. The summed E-state index contributed by atoms with van der Waals surface area (Å²) in [6.45, 7) is 2.12. The second-order valence-corrected chi connectivity index (χ2v) is 4.66. The van der Waals surface area contributed by atoms with Crippen LogP contribution in [0.1, 0.15) is 30.6 Å². The number of benzene rings is 2. The molecule has 18 heavy (non-hydrogen) atoms.